The highest BCUT2D eigenvalue weighted by molar-refractivity contribution is 5.97. The lowest BCUT2D eigenvalue weighted by molar-refractivity contribution is -0.118. The van der Waals surface area contributed by atoms with Crippen molar-refractivity contribution in [2.24, 2.45) is 0 Å². The van der Waals surface area contributed by atoms with Gasteiger partial charge in [-0.1, -0.05) is 30.3 Å². The SMILES string of the molecule is N#CNC(=O)C(O)=C(O)c1ccccc1. The van der Waals surface area contributed by atoms with E-state index < -0.39 is 17.4 Å². The molecule has 0 aliphatic heterocycles. The van der Waals surface area contributed by atoms with Crippen molar-refractivity contribution in [2.45, 2.75) is 0 Å². The van der Waals surface area contributed by atoms with Crippen LogP contribution in [0.25, 0.3) is 5.76 Å². The summed E-state index contributed by atoms with van der Waals surface area (Å²) in [7, 11) is 0. The van der Waals surface area contributed by atoms with E-state index in [2.05, 4.69) is 0 Å². The van der Waals surface area contributed by atoms with Crippen LogP contribution in [0.1, 0.15) is 5.56 Å². The molecule has 0 fully saturated rings. The molecule has 1 rings (SSSR count). The topological polar surface area (TPSA) is 93.4 Å². The fourth-order valence-electron chi connectivity index (χ4n) is 0.950. The molecule has 1 amide bonds. The summed E-state index contributed by atoms with van der Waals surface area (Å²) < 4.78 is 0. The lowest BCUT2D eigenvalue weighted by Crippen LogP contribution is -2.20. The molecule has 0 atom stereocenters. The molecule has 0 saturated carbocycles. The maximum absolute atomic E-state index is 11.0. The van der Waals surface area contributed by atoms with E-state index in [0.29, 0.717) is 5.56 Å². The summed E-state index contributed by atoms with van der Waals surface area (Å²) in [6.45, 7) is 0. The van der Waals surface area contributed by atoms with Crippen molar-refractivity contribution in [1.29, 1.82) is 5.26 Å². The molecule has 15 heavy (non-hydrogen) atoms. The fourth-order valence-corrected chi connectivity index (χ4v) is 0.950. The molecule has 0 aromatic heterocycles. The first-order valence-corrected chi connectivity index (χ1v) is 4.04. The van der Waals surface area contributed by atoms with Crippen LogP contribution in [0.2, 0.25) is 0 Å². The predicted molar refractivity (Wildman–Crippen MR) is 52.4 cm³/mol. The fraction of sp³-hybridized carbons (Fsp3) is 0. The molecule has 0 aliphatic rings. The van der Waals surface area contributed by atoms with E-state index >= 15 is 0 Å². The van der Waals surface area contributed by atoms with Crippen LogP contribution in [0, 0.1) is 11.5 Å². The van der Waals surface area contributed by atoms with Gasteiger partial charge in [0.25, 0.3) is 0 Å². The third kappa shape index (κ3) is 2.48. The Balaban J connectivity index is 3.02. The van der Waals surface area contributed by atoms with Crippen molar-refractivity contribution in [3.63, 3.8) is 0 Å². The Hall–Kier alpha value is -2.48. The Morgan fingerprint density at radius 2 is 1.87 bits per heavy atom. The lowest BCUT2D eigenvalue weighted by atomic mass is 10.1. The Labute approximate surface area is 85.9 Å². The Bertz CT molecular complexity index is 432. The first kappa shape index (κ1) is 10.6. The van der Waals surface area contributed by atoms with Crippen LogP contribution in [0.15, 0.2) is 36.1 Å². The number of hydrogen-bond donors (Lipinski definition) is 3. The average Bonchev–Trinajstić information content (AvgIpc) is 2.28. The van der Waals surface area contributed by atoms with Crippen LogP contribution in [0.4, 0.5) is 0 Å². The van der Waals surface area contributed by atoms with Crippen molar-refractivity contribution < 1.29 is 15.0 Å². The molecule has 3 N–H and O–H groups in total. The summed E-state index contributed by atoms with van der Waals surface area (Å²) in [5.41, 5.74) is 0.295. The summed E-state index contributed by atoms with van der Waals surface area (Å²) in [5, 5.41) is 28.5. The number of carbonyl (C=O) groups is 1. The van der Waals surface area contributed by atoms with Crippen LogP contribution in [-0.2, 0) is 4.79 Å². The number of nitrogens with zero attached hydrogens (tertiary/aromatic N) is 1. The number of nitriles is 1. The van der Waals surface area contributed by atoms with Gasteiger partial charge in [-0.25, -0.2) is 0 Å². The summed E-state index contributed by atoms with van der Waals surface area (Å²) in [6.07, 6.45) is 1.35. The third-order valence-corrected chi connectivity index (χ3v) is 1.66. The van der Waals surface area contributed by atoms with Gasteiger partial charge in [-0.3, -0.25) is 10.1 Å². The number of aliphatic hydroxyl groups excluding tert-OH is 2. The predicted octanol–water partition coefficient (Wildman–Crippen LogP) is 1.07. The summed E-state index contributed by atoms with van der Waals surface area (Å²) in [5.74, 6) is -2.50. The molecule has 5 heteroatoms. The van der Waals surface area contributed by atoms with E-state index in [1.54, 1.807) is 23.5 Å². The first-order chi connectivity index (χ1) is 7.16. The molecule has 5 nitrogen and oxygen atoms in total. The van der Waals surface area contributed by atoms with Crippen molar-refractivity contribution in [3.05, 3.63) is 41.7 Å². The van der Waals surface area contributed by atoms with E-state index in [0.717, 1.165) is 0 Å². The van der Waals surface area contributed by atoms with E-state index in [1.165, 1.54) is 18.3 Å². The van der Waals surface area contributed by atoms with Crippen LogP contribution in [-0.4, -0.2) is 16.1 Å². The summed E-state index contributed by atoms with van der Waals surface area (Å²) in [6, 6.07) is 8.04. The average molecular weight is 204 g/mol. The van der Waals surface area contributed by atoms with E-state index in [9.17, 15) is 15.0 Å². The van der Waals surface area contributed by atoms with Gasteiger partial charge in [0.15, 0.2) is 12.0 Å². The lowest BCUT2D eigenvalue weighted by Gasteiger charge is -2.02. The molecule has 76 valence electrons. The minimum Gasteiger partial charge on any atom is -0.504 e. The molecule has 0 radical (unpaired) electrons. The summed E-state index contributed by atoms with van der Waals surface area (Å²) >= 11 is 0. The molecule has 1 aromatic rings. The number of hydrogen-bond acceptors (Lipinski definition) is 4. The Morgan fingerprint density at radius 3 is 2.40 bits per heavy atom. The molecule has 1 aromatic carbocycles. The second kappa shape index (κ2) is 4.67. The molecular formula is C10H8N2O3. The first-order valence-electron chi connectivity index (χ1n) is 4.04. The third-order valence-electron chi connectivity index (χ3n) is 1.66. The zero-order chi connectivity index (χ0) is 11.3. The van der Waals surface area contributed by atoms with Gasteiger partial charge < -0.3 is 10.2 Å². The monoisotopic (exact) mass is 204 g/mol. The molecule has 0 unspecified atom stereocenters. The van der Waals surface area contributed by atoms with Gasteiger partial charge in [-0.05, 0) is 0 Å². The van der Waals surface area contributed by atoms with Crippen LogP contribution in [0.3, 0.4) is 0 Å². The Kier molecular flexibility index (Phi) is 3.30. The van der Waals surface area contributed by atoms with Crippen LogP contribution in [0.5, 0.6) is 0 Å². The summed E-state index contributed by atoms with van der Waals surface area (Å²) in [4.78, 5) is 11.0. The maximum Gasteiger partial charge on any atom is 0.303 e. The Morgan fingerprint density at radius 1 is 1.27 bits per heavy atom. The van der Waals surface area contributed by atoms with Crippen molar-refractivity contribution in [2.75, 3.05) is 0 Å². The minimum atomic E-state index is -1.04. The second-order valence-electron chi connectivity index (χ2n) is 2.63. The van der Waals surface area contributed by atoms with Crippen molar-refractivity contribution in [1.82, 2.24) is 5.32 Å². The molecule has 0 aliphatic carbocycles. The van der Waals surface area contributed by atoms with Gasteiger partial charge in [-0.2, -0.15) is 5.26 Å². The zero-order valence-corrected chi connectivity index (χ0v) is 7.64. The number of benzene rings is 1. The number of carbonyl (C=O) groups excluding carboxylic acids is 1. The van der Waals surface area contributed by atoms with Gasteiger partial charge in [-0.15, -0.1) is 0 Å². The largest absolute Gasteiger partial charge is 0.504 e. The highest BCUT2D eigenvalue weighted by atomic mass is 16.3. The zero-order valence-electron chi connectivity index (χ0n) is 7.64. The van der Waals surface area contributed by atoms with Gasteiger partial charge in [0.1, 0.15) is 0 Å². The van der Waals surface area contributed by atoms with Crippen LogP contribution >= 0.6 is 0 Å². The smallest absolute Gasteiger partial charge is 0.303 e. The standard InChI is InChI=1S/C10H8N2O3/c11-6-12-10(15)9(14)8(13)7-4-2-1-3-5-7/h1-5,13-14H,(H,12,15). The second-order valence-corrected chi connectivity index (χ2v) is 2.63. The highest BCUT2D eigenvalue weighted by Crippen LogP contribution is 2.13. The molecule has 0 heterocycles. The van der Waals surface area contributed by atoms with E-state index in [-0.39, 0.29) is 0 Å². The van der Waals surface area contributed by atoms with E-state index in [1.807, 2.05) is 0 Å². The van der Waals surface area contributed by atoms with Crippen molar-refractivity contribution in [3.8, 4) is 6.19 Å². The van der Waals surface area contributed by atoms with Gasteiger partial charge >= 0.3 is 5.91 Å². The molecular weight excluding hydrogens is 196 g/mol. The molecule has 0 spiro atoms. The number of amides is 1. The quantitative estimate of drug-likeness (QED) is 0.290. The van der Waals surface area contributed by atoms with Gasteiger partial charge in [0.2, 0.25) is 5.76 Å². The normalized spacial score (nSPS) is 11.1. The van der Waals surface area contributed by atoms with Crippen LogP contribution < -0.4 is 5.32 Å². The number of nitrogens with one attached hydrogen (secondary N) is 1. The molecule has 0 saturated heterocycles. The number of aliphatic hydroxyl groups is 2. The van der Waals surface area contributed by atoms with E-state index in [4.69, 9.17) is 5.26 Å². The minimum absolute atomic E-state index is 0.295. The number of rotatable bonds is 2. The molecule has 0 bridgehead atoms. The van der Waals surface area contributed by atoms with Gasteiger partial charge in [0, 0.05) is 5.56 Å². The highest BCUT2D eigenvalue weighted by Gasteiger charge is 2.14. The van der Waals surface area contributed by atoms with Gasteiger partial charge in [0.05, 0.1) is 0 Å². The maximum atomic E-state index is 11.0. The van der Waals surface area contributed by atoms with Crippen molar-refractivity contribution >= 4 is 11.7 Å².